The molecule has 24 heavy (non-hydrogen) atoms. The lowest BCUT2D eigenvalue weighted by Gasteiger charge is -2.13. The van der Waals surface area contributed by atoms with Crippen LogP contribution in [0.1, 0.15) is 37.8 Å². The average molecular weight is 321 g/mol. The molecule has 2 amide bonds. The number of benzene rings is 1. The molecule has 0 saturated carbocycles. The quantitative estimate of drug-likeness (QED) is 0.684. The largest absolute Gasteiger partial charge is 0.274 e. The highest BCUT2D eigenvalue weighted by molar-refractivity contribution is 6.21. The zero-order chi connectivity index (χ0) is 16.8. The molecule has 0 unspecified atom stereocenters. The highest BCUT2D eigenvalue weighted by Gasteiger charge is 2.34. The fraction of sp³-hybridized carbons (Fsp3) is 0.235. The predicted molar refractivity (Wildman–Crippen MR) is 85.8 cm³/mol. The Hall–Kier alpha value is -3.09. The van der Waals surface area contributed by atoms with Gasteiger partial charge in [-0.25, -0.2) is 14.5 Å². The van der Waals surface area contributed by atoms with Crippen LogP contribution in [-0.4, -0.2) is 42.8 Å². The average Bonchev–Trinajstić information content (AvgIpc) is 3.07. The number of carbonyl (C=O) groups is 2. The van der Waals surface area contributed by atoms with Gasteiger partial charge in [-0.3, -0.25) is 14.5 Å². The van der Waals surface area contributed by atoms with Crippen molar-refractivity contribution in [3.05, 3.63) is 58.7 Å². The Balaban J connectivity index is 1.59. The number of hydrogen-bond donors (Lipinski definition) is 0. The summed E-state index contributed by atoms with van der Waals surface area (Å²) in [6, 6.07) is 6.89. The lowest BCUT2D eigenvalue weighted by molar-refractivity contribution is 0.0655. The van der Waals surface area contributed by atoms with Gasteiger partial charge >= 0.3 is 0 Å². The number of aryl methyl sites for hydroxylation is 2. The molecule has 0 aliphatic carbocycles. The van der Waals surface area contributed by atoms with Gasteiger partial charge in [-0.2, -0.15) is 5.10 Å². The maximum absolute atomic E-state index is 12.4. The Morgan fingerprint density at radius 1 is 1.00 bits per heavy atom. The van der Waals surface area contributed by atoms with Gasteiger partial charge in [-0.1, -0.05) is 12.1 Å². The number of carbonyl (C=O) groups excluding carboxylic acids is 2. The van der Waals surface area contributed by atoms with Crippen LogP contribution in [0.2, 0.25) is 0 Å². The summed E-state index contributed by atoms with van der Waals surface area (Å²) in [5.74, 6) is 0.0283. The lowest BCUT2D eigenvalue weighted by Crippen LogP contribution is -2.32. The Kier molecular flexibility index (Phi) is 3.16. The number of aromatic nitrogens is 4. The number of imide groups is 1. The lowest BCUT2D eigenvalue weighted by atomic mass is 10.1. The van der Waals surface area contributed by atoms with Gasteiger partial charge in [0.15, 0.2) is 0 Å². The van der Waals surface area contributed by atoms with Crippen LogP contribution in [0.25, 0.3) is 5.78 Å². The smallest absolute Gasteiger partial charge is 0.261 e. The second-order valence-electron chi connectivity index (χ2n) is 5.80. The van der Waals surface area contributed by atoms with Crippen LogP contribution < -0.4 is 0 Å². The fourth-order valence-corrected chi connectivity index (χ4v) is 2.85. The van der Waals surface area contributed by atoms with Gasteiger partial charge in [0.25, 0.3) is 17.6 Å². The highest BCUT2D eigenvalue weighted by Crippen LogP contribution is 2.22. The van der Waals surface area contributed by atoms with Crippen molar-refractivity contribution >= 4 is 17.6 Å². The maximum atomic E-state index is 12.4. The molecule has 1 aliphatic heterocycles. The van der Waals surface area contributed by atoms with E-state index in [2.05, 4.69) is 15.1 Å². The van der Waals surface area contributed by atoms with Crippen LogP contribution in [0.15, 0.2) is 30.5 Å². The second kappa shape index (κ2) is 5.23. The molecule has 2 aromatic heterocycles. The molecule has 1 aromatic carbocycles. The molecule has 0 bridgehead atoms. The Bertz CT molecular complexity index is 957. The first-order chi connectivity index (χ1) is 11.6. The van der Waals surface area contributed by atoms with Crippen molar-refractivity contribution in [2.45, 2.75) is 20.3 Å². The molecule has 120 valence electrons. The Labute approximate surface area is 138 Å². The fourth-order valence-electron chi connectivity index (χ4n) is 2.85. The van der Waals surface area contributed by atoms with E-state index in [4.69, 9.17) is 0 Å². The van der Waals surface area contributed by atoms with Crippen LogP contribution in [0.5, 0.6) is 0 Å². The summed E-state index contributed by atoms with van der Waals surface area (Å²) in [4.78, 5) is 34.7. The van der Waals surface area contributed by atoms with Gasteiger partial charge in [-0.15, -0.1) is 0 Å². The Morgan fingerprint density at radius 3 is 2.33 bits per heavy atom. The Morgan fingerprint density at radius 2 is 1.67 bits per heavy atom. The molecular weight excluding hydrogens is 306 g/mol. The van der Waals surface area contributed by atoms with E-state index in [0.29, 0.717) is 23.3 Å². The van der Waals surface area contributed by atoms with Gasteiger partial charge in [0, 0.05) is 13.0 Å². The minimum Gasteiger partial charge on any atom is -0.274 e. The molecule has 1 aliphatic rings. The predicted octanol–water partition coefficient (Wildman–Crippen LogP) is 1.58. The third-order valence-corrected chi connectivity index (χ3v) is 4.30. The first kappa shape index (κ1) is 14.5. The topological polar surface area (TPSA) is 80.5 Å². The first-order valence-electron chi connectivity index (χ1n) is 7.69. The molecule has 0 fully saturated rings. The van der Waals surface area contributed by atoms with Gasteiger partial charge in [0.2, 0.25) is 0 Å². The molecule has 4 rings (SSSR count). The van der Waals surface area contributed by atoms with E-state index in [1.807, 2.05) is 13.8 Å². The van der Waals surface area contributed by atoms with E-state index in [1.165, 1.54) is 4.90 Å². The van der Waals surface area contributed by atoms with E-state index in [0.717, 1.165) is 17.1 Å². The van der Waals surface area contributed by atoms with Crippen molar-refractivity contribution < 1.29 is 9.59 Å². The van der Waals surface area contributed by atoms with Crippen LogP contribution in [-0.2, 0) is 6.42 Å². The SMILES string of the molecule is Cc1nc2ncc(CCN3C(=O)c4ccccc4C3=O)n2nc1C. The summed E-state index contributed by atoms with van der Waals surface area (Å²) < 4.78 is 1.67. The number of hydrogen-bond acceptors (Lipinski definition) is 5. The molecule has 0 spiro atoms. The zero-order valence-corrected chi connectivity index (χ0v) is 13.4. The highest BCUT2D eigenvalue weighted by atomic mass is 16.2. The minimum atomic E-state index is -0.248. The number of amides is 2. The molecule has 0 radical (unpaired) electrons. The monoisotopic (exact) mass is 321 g/mol. The van der Waals surface area contributed by atoms with E-state index in [9.17, 15) is 9.59 Å². The van der Waals surface area contributed by atoms with Crippen molar-refractivity contribution in [3.63, 3.8) is 0 Å². The molecular formula is C17H15N5O2. The summed E-state index contributed by atoms with van der Waals surface area (Å²) >= 11 is 0. The molecule has 3 heterocycles. The van der Waals surface area contributed by atoms with Crippen molar-refractivity contribution in [2.24, 2.45) is 0 Å². The van der Waals surface area contributed by atoms with E-state index in [-0.39, 0.29) is 18.4 Å². The second-order valence-corrected chi connectivity index (χ2v) is 5.80. The van der Waals surface area contributed by atoms with Crippen molar-refractivity contribution in [1.82, 2.24) is 24.5 Å². The summed E-state index contributed by atoms with van der Waals surface area (Å²) in [7, 11) is 0. The van der Waals surface area contributed by atoms with E-state index in [1.54, 1.807) is 35.0 Å². The van der Waals surface area contributed by atoms with Gasteiger partial charge in [0.1, 0.15) is 0 Å². The van der Waals surface area contributed by atoms with Gasteiger partial charge in [-0.05, 0) is 26.0 Å². The summed E-state index contributed by atoms with van der Waals surface area (Å²) in [6.07, 6.45) is 2.16. The minimum absolute atomic E-state index is 0.248. The normalized spacial score (nSPS) is 13.8. The molecule has 7 nitrogen and oxygen atoms in total. The van der Waals surface area contributed by atoms with Crippen molar-refractivity contribution in [1.29, 1.82) is 0 Å². The summed E-state index contributed by atoms with van der Waals surface area (Å²) in [5, 5.41) is 4.46. The number of nitrogens with zero attached hydrogens (tertiary/aromatic N) is 5. The summed E-state index contributed by atoms with van der Waals surface area (Å²) in [5.41, 5.74) is 3.40. The first-order valence-corrected chi connectivity index (χ1v) is 7.69. The molecule has 0 atom stereocenters. The maximum Gasteiger partial charge on any atom is 0.261 e. The summed E-state index contributed by atoms with van der Waals surface area (Å²) in [6.45, 7) is 4.06. The number of fused-ring (bicyclic) bond motifs is 2. The zero-order valence-electron chi connectivity index (χ0n) is 13.4. The standard InChI is InChI=1S/C17H15N5O2/c1-10-11(2)20-22-12(9-18-17(22)19-10)7-8-21-15(23)13-5-3-4-6-14(13)16(21)24/h3-6,9H,7-8H2,1-2H3. The van der Waals surface area contributed by atoms with Crippen molar-refractivity contribution in [3.8, 4) is 0 Å². The van der Waals surface area contributed by atoms with Crippen LogP contribution in [0, 0.1) is 13.8 Å². The van der Waals surface area contributed by atoms with Gasteiger partial charge < -0.3 is 0 Å². The molecule has 7 heteroatoms. The van der Waals surface area contributed by atoms with Gasteiger partial charge in [0.05, 0.1) is 34.4 Å². The molecule has 0 N–H and O–H groups in total. The van der Waals surface area contributed by atoms with Crippen LogP contribution in [0.3, 0.4) is 0 Å². The molecule has 0 saturated heterocycles. The third kappa shape index (κ3) is 2.09. The number of rotatable bonds is 3. The van der Waals surface area contributed by atoms with Crippen LogP contribution >= 0.6 is 0 Å². The van der Waals surface area contributed by atoms with E-state index >= 15 is 0 Å². The number of imidazole rings is 1. The van der Waals surface area contributed by atoms with Crippen molar-refractivity contribution in [2.75, 3.05) is 6.54 Å². The molecule has 3 aromatic rings. The van der Waals surface area contributed by atoms with E-state index < -0.39 is 0 Å². The van der Waals surface area contributed by atoms with Crippen LogP contribution in [0.4, 0.5) is 0 Å². The third-order valence-electron chi connectivity index (χ3n) is 4.30.